The van der Waals surface area contributed by atoms with Gasteiger partial charge in [0.15, 0.2) is 0 Å². The maximum Gasteiger partial charge on any atom is 0.419 e. The molecule has 0 saturated carbocycles. The van der Waals surface area contributed by atoms with Crippen LogP contribution in [-0.4, -0.2) is 21.2 Å². The van der Waals surface area contributed by atoms with Crippen LogP contribution in [0.1, 0.15) is 33.4 Å². The first kappa shape index (κ1) is 12.6. The van der Waals surface area contributed by atoms with E-state index in [2.05, 4.69) is 4.98 Å². The molecule has 96 valence electrons. The van der Waals surface area contributed by atoms with Gasteiger partial charge < -0.3 is 4.74 Å². The van der Waals surface area contributed by atoms with Crippen LogP contribution in [0.15, 0.2) is 24.5 Å². The van der Waals surface area contributed by atoms with Crippen LogP contribution in [0.2, 0.25) is 0 Å². The summed E-state index contributed by atoms with van der Waals surface area (Å²) >= 11 is 0. The molecule has 0 N–H and O–H groups in total. The van der Waals surface area contributed by atoms with E-state index >= 15 is 0 Å². The Morgan fingerprint density at radius 3 is 2.78 bits per heavy atom. The number of carbonyl (C=O) groups excluding carboxylic acids is 1. The number of hydrogen-bond donors (Lipinski definition) is 0. The molecule has 0 atom stereocenters. The van der Waals surface area contributed by atoms with Gasteiger partial charge in [0.25, 0.3) is 0 Å². The first-order valence-corrected chi connectivity index (χ1v) is 6.10. The number of aromatic nitrogens is 2. The summed E-state index contributed by atoms with van der Waals surface area (Å²) in [7, 11) is 0. The minimum absolute atomic E-state index is 0.345. The molecule has 2 aromatic rings. The third-order valence-electron chi connectivity index (χ3n) is 2.62. The number of carbonyl (C=O) groups is 1. The second kappa shape index (κ2) is 4.44. The van der Waals surface area contributed by atoms with Crippen LogP contribution in [0.5, 0.6) is 0 Å². The Kier molecular flexibility index (Phi) is 3.11. The summed E-state index contributed by atoms with van der Waals surface area (Å²) < 4.78 is 7.03. The van der Waals surface area contributed by atoms with E-state index in [-0.39, 0.29) is 6.09 Å². The topological polar surface area (TPSA) is 44.1 Å². The highest BCUT2D eigenvalue weighted by molar-refractivity contribution is 5.90. The molecule has 18 heavy (non-hydrogen) atoms. The van der Waals surface area contributed by atoms with Crippen LogP contribution in [-0.2, 0) is 11.2 Å². The number of nitrogens with zero attached hydrogens (tertiary/aromatic N) is 2. The lowest BCUT2D eigenvalue weighted by molar-refractivity contribution is 0.0540. The molecule has 2 aromatic heterocycles. The van der Waals surface area contributed by atoms with Crippen molar-refractivity contribution < 1.29 is 9.53 Å². The number of hydrogen-bond acceptors (Lipinski definition) is 3. The molecule has 0 saturated heterocycles. The van der Waals surface area contributed by atoms with Crippen LogP contribution < -0.4 is 0 Å². The Morgan fingerprint density at radius 2 is 2.17 bits per heavy atom. The highest BCUT2D eigenvalue weighted by Crippen LogP contribution is 2.21. The van der Waals surface area contributed by atoms with Crippen molar-refractivity contribution >= 4 is 17.0 Å². The van der Waals surface area contributed by atoms with Gasteiger partial charge in [0.2, 0.25) is 0 Å². The smallest absolute Gasteiger partial charge is 0.419 e. The van der Waals surface area contributed by atoms with Gasteiger partial charge in [-0.3, -0.25) is 4.98 Å². The highest BCUT2D eigenvalue weighted by atomic mass is 16.6. The van der Waals surface area contributed by atoms with E-state index in [1.54, 1.807) is 17.0 Å². The molecule has 0 unspecified atom stereocenters. The summed E-state index contributed by atoms with van der Waals surface area (Å²) in [6.45, 7) is 7.60. The fourth-order valence-corrected chi connectivity index (χ4v) is 1.89. The number of rotatable bonds is 1. The average molecular weight is 246 g/mol. The molecule has 0 aliphatic carbocycles. The van der Waals surface area contributed by atoms with Crippen molar-refractivity contribution in [3.8, 4) is 0 Å². The van der Waals surface area contributed by atoms with Crippen LogP contribution in [0.3, 0.4) is 0 Å². The summed E-state index contributed by atoms with van der Waals surface area (Å²) in [6, 6.07) is 3.90. The van der Waals surface area contributed by atoms with Crippen molar-refractivity contribution in [2.45, 2.75) is 39.7 Å². The molecular weight excluding hydrogens is 228 g/mol. The lowest BCUT2D eigenvalue weighted by atomic mass is 10.2. The van der Waals surface area contributed by atoms with Gasteiger partial charge in [-0.25, -0.2) is 9.36 Å². The Morgan fingerprint density at radius 1 is 1.44 bits per heavy atom. The Balaban J connectivity index is 2.51. The molecule has 4 heteroatoms. The minimum Gasteiger partial charge on any atom is -0.443 e. The van der Waals surface area contributed by atoms with Crippen molar-refractivity contribution in [2.24, 2.45) is 0 Å². The summed E-state index contributed by atoms with van der Waals surface area (Å²) in [4.78, 5) is 16.3. The average Bonchev–Trinajstić information content (AvgIpc) is 2.64. The Bertz CT molecular complexity index is 579. The first-order chi connectivity index (χ1) is 8.42. The van der Waals surface area contributed by atoms with Gasteiger partial charge in [0.1, 0.15) is 5.60 Å². The second-order valence-electron chi connectivity index (χ2n) is 5.24. The van der Waals surface area contributed by atoms with Crippen LogP contribution in [0, 0.1) is 0 Å². The fraction of sp³-hybridized carbons (Fsp3) is 0.429. The number of aryl methyl sites for hydroxylation is 1. The largest absolute Gasteiger partial charge is 0.443 e. The molecule has 2 heterocycles. The van der Waals surface area contributed by atoms with E-state index < -0.39 is 5.60 Å². The lowest BCUT2D eigenvalue weighted by Gasteiger charge is -2.20. The molecule has 0 amide bonds. The zero-order chi connectivity index (χ0) is 13.3. The number of pyridine rings is 1. The van der Waals surface area contributed by atoms with Crippen molar-refractivity contribution in [3.05, 3.63) is 30.2 Å². The van der Waals surface area contributed by atoms with Crippen LogP contribution in [0.25, 0.3) is 10.9 Å². The maximum atomic E-state index is 12.2. The van der Waals surface area contributed by atoms with Gasteiger partial charge in [0, 0.05) is 17.3 Å². The zero-order valence-electron chi connectivity index (χ0n) is 11.2. The Hall–Kier alpha value is -1.84. The quantitative estimate of drug-likeness (QED) is 0.774. The van der Waals surface area contributed by atoms with Crippen molar-refractivity contribution in [3.63, 3.8) is 0 Å². The third kappa shape index (κ3) is 2.37. The molecule has 0 bridgehead atoms. The number of ether oxygens (including phenoxy) is 1. The first-order valence-electron chi connectivity index (χ1n) is 6.10. The standard InChI is InChI=1S/C14H18N2O2/c1-5-11-8-10-6-7-15-9-12(10)16(11)13(17)18-14(2,3)4/h6-9H,5H2,1-4H3. The summed E-state index contributed by atoms with van der Waals surface area (Å²) in [6.07, 6.45) is 3.84. The molecule has 0 aliphatic heterocycles. The predicted molar refractivity (Wildman–Crippen MR) is 70.7 cm³/mol. The molecular formula is C14H18N2O2. The number of fused-ring (bicyclic) bond motifs is 1. The third-order valence-corrected chi connectivity index (χ3v) is 2.62. The van der Waals surface area contributed by atoms with Crippen molar-refractivity contribution in [1.29, 1.82) is 0 Å². The van der Waals surface area contributed by atoms with E-state index in [1.807, 2.05) is 39.8 Å². The molecule has 4 nitrogen and oxygen atoms in total. The van der Waals surface area contributed by atoms with Gasteiger partial charge in [-0.1, -0.05) is 6.92 Å². The fourth-order valence-electron chi connectivity index (χ4n) is 1.89. The summed E-state index contributed by atoms with van der Waals surface area (Å²) in [5.74, 6) is 0. The second-order valence-corrected chi connectivity index (χ2v) is 5.24. The van der Waals surface area contributed by atoms with Gasteiger partial charge in [0.05, 0.1) is 11.7 Å². The van der Waals surface area contributed by atoms with Crippen LogP contribution in [0.4, 0.5) is 4.79 Å². The normalized spacial score (nSPS) is 11.8. The SMILES string of the molecule is CCc1cc2ccncc2n1C(=O)OC(C)(C)C. The predicted octanol–water partition coefficient (Wildman–Crippen LogP) is 3.38. The monoisotopic (exact) mass is 246 g/mol. The van der Waals surface area contributed by atoms with Gasteiger partial charge >= 0.3 is 6.09 Å². The van der Waals surface area contributed by atoms with E-state index in [0.717, 1.165) is 23.0 Å². The van der Waals surface area contributed by atoms with E-state index in [4.69, 9.17) is 4.74 Å². The lowest BCUT2D eigenvalue weighted by Crippen LogP contribution is -2.27. The minimum atomic E-state index is -0.499. The summed E-state index contributed by atoms with van der Waals surface area (Å²) in [5, 5.41) is 1.01. The van der Waals surface area contributed by atoms with E-state index in [1.165, 1.54) is 0 Å². The Labute approximate surface area is 107 Å². The van der Waals surface area contributed by atoms with Crippen LogP contribution >= 0.6 is 0 Å². The molecule has 0 radical (unpaired) electrons. The van der Waals surface area contributed by atoms with E-state index in [0.29, 0.717) is 0 Å². The van der Waals surface area contributed by atoms with Crippen molar-refractivity contribution in [2.75, 3.05) is 0 Å². The zero-order valence-corrected chi connectivity index (χ0v) is 11.2. The highest BCUT2D eigenvalue weighted by Gasteiger charge is 2.21. The molecule has 0 aliphatic rings. The molecule has 0 spiro atoms. The molecule has 2 rings (SSSR count). The van der Waals surface area contributed by atoms with Gasteiger partial charge in [-0.05, 0) is 39.3 Å². The van der Waals surface area contributed by atoms with Crippen molar-refractivity contribution in [1.82, 2.24) is 9.55 Å². The van der Waals surface area contributed by atoms with Gasteiger partial charge in [-0.2, -0.15) is 0 Å². The molecule has 0 fully saturated rings. The van der Waals surface area contributed by atoms with Gasteiger partial charge in [-0.15, -0.1) is 0 Å². The molecule has 0 aromatic carbocycles. The summed E-state index contributed by atoms with van der Waals surface area (Å²) in [5.41, 5.74) is 1.23. The maximum absolute atomic E-state index is 12.2. The van der Waals surface area contributed by atoms with E-state index in [9.17, 15) is 4.79 Å².